The van der Waals surface area contributed by atoms with Crippen LogP contribution >= 0.6 is 11.6 Å². The van der Waals surface area contributed by atoms with Crippen molar-refractivity contribution in [2.45, 2.75) is 45.3 Å². The second kappa shape index (κ2) is 6.56. The van der Waals surface area contributed by atoms with E-state index in [1.165, 1.54) is 5.56 Å². The molecule has 1 aliphatic carbocycles. The van der Waals surface area contributed by atoms with Crippen LogP contribution in [0, 0.1) is 5.41 Å². The summed E-state index contributed by atoms with van der Waals surface area (Å²) in [5.41, 5.74) is 8.69. The van der Waals surface area contributed by atoms with Gasteiger partial charge < -0.3 is 0 Å². The molecule has 1 aromatic carbocycles. The molecule has 2 unspecified atom stereocenters. The summed E-state index contributed by atoms with van der Waals surface area (Å²) in [4.78, 5) is 16.4. The first kappa shape index (κ1) is 16.4. The van der Waals surface area contributed by atoms with Crippen molar-refractivity contribution < 1.29 is 4.79 Å². The van der Waals surface area contributed by atoms with Gasteiger partial charge in [0.15, 0.2) is 5.78 Å². The molecule has 1 aromatic rings. The summed E-state index contributed by atoms with van der Waals surface area (Å²) in [5, 5.41) is 0.741. The van der Waals surface area contributed by atoms with Crippen LogP contribution in [0.1, 0.15) is 44.7 Å². The van der Waals surface area contributed by atoms with Crippen molar-refractivity contribution in [1.29, 1.82) is 0 Å². The number of nitrogens with zero attached hydrogens (tertiary/aromatic N) is 1. The quantitative estimate of drug-likeness (QED) is 0.832. The third-order valence-corrected chi connectivity index (χ3v) is 4.51. The highest BCUT2D eigenvalue weighted by atomic mass is 35.5. The highest BCUT2D eigenvalue weighted by Crippen LogP contribution is 2.33. The van der Waals surface area contributed by atoms with Gasteiger partial charge in [0.25, 0.3) is 0 Å². The number of hydrogen-bond acceptors (Lipinski definition) is 4. The zero-order valence-corrected chi connectivity index (χ0v) is 14.2. The van der Waals surface area contributed by atoms with Crippen molar-refractivity contribution in [3.8, 4) is 0 Å². The number of benzene rings is 1. The minimum absolute atomic E-state index is 0.0109. The normalized spacial score (nSPS) is 27.4. The molecule has 1 fully saturated rings. The van der Waals surface area contributed by atoms with Crippen LogP contribution in [0.3, 0.4) is 0 Å². The van der Waals surface area contributed by atoms with E-state index < -0.39 is 0 Å². The Labute approximate surface area is 142 Å². The molecule has 4 nitrogen and oxygen atoms in total. The SMILES string of the molecule is CC1(C)CC(=O)C=C(/C=N/C2CC(c3ccc(Cl)cc3)NN2)C1. The lowest BCUT2D eigenvalue weighted by atomic mass is 9.77. The first-order valence-corrected chi connectivity index (χ1v) is 8.32. The molecule has 1 aliphatic heterocycles. The van der Waals surface area contributed by atoms with E-state index in [9.17, 15) is 4.79 Å². The molecular weight excluding hydrogens is 310 g/mol. The van der Waals surface area contributed by atoms with E-state index in [2.05, 4.69) is 29.7 Å². The molecule has 2 N–H and O–H groups in total. The Kier molecular flexibility index (Phi) is 4.67. The number of carbonyl (C=O) groups excluding carboxylic acids is 1. The Balaban J connectivity index is 1.61. The molecule has 0 aromatic heterocycles. The first-order chi connectivity index (χ1) is 10.9. The van der Waals surface area contributed by atoms with Crippen molar-refractivity contribution in [3.05, 3.63) is 46.5 Å². The van der Waals surface area contributed by atoms with Crippen LogP contribution in [0.5, 0.6) is 0 Å². The molecule has 23 heavy (non-hydrogen) atoms. The average Bonchev–Trinajstić information content (AvgIpc) is 2.93. The molecule has 2 atom stereocenters. The molecule has 1 heterocycles. The van der Waals surface area contributed by atoms with Crippen LogP contribution in [-0.4, -0.2) is 18.2 Å². The molecule has 5 heteroatoms. The minimum Gasteiger partial charge on any atom is -0.295 e. The van der Waals surface area contributed by atoms with Crippen LogP contribution < -0.4 is 10.9 Å². The minimum atomic E-state index is 0.0109. The molecule has 1 saturated heterocycles. The molecule has 0 radical (unpaired) electrons. The molecule has 0 amide bonds. The van der Waals surface area contributed by atoms with Gasteiger partial charge in [-0.25, -0.2) is 10.9 Å². The molecule has 3 rings (SSSR count). The summed E-state index contributed by atoms with van der Waals surface area (Å²) in [6.45, 7) is 4.25. The van der Waals surface area contributed by atoms with Crippen LogP contribution in [0.2, 0.25) is 5.02 Å². The first-order valence-electron chi connectivity index (χ1n) is 7.94. The van der Waals surface area contributed by atoms with Crippen LogP contribution in [0.15, 0.2) is 40.9 Å². The van der Waals surface area contributed by atoms with Gasteiger partial charge in [-0.1, -0.05) is 37.6 Å². The maximum Gasteiger partial charge on any atom is 0.156 e. The highest BCUT2D eigenvalue weighted by molar-refractivity contribution is 6.30. The van der Waals surface area contributed by atoms with E-state index in [1.807, 2.05) is 30.5 Å². The van der Waals surface area contributed by atoms with Gasteiger partial charge in [-0.3, -0.25) is 9.79 Å². The smallest absolute Gasteiger partial charge is 0.156 e. The molecule has 122 valence electrons. The summed E-state index contributed by atoms with van der Waals surface area (Å²) in [5.74, 6) is 0.194. The Morgan fingerprint density at radius 2 is 1.96 bits per heavy atom. The zero-order chi connectivity index (χ0) is 16.4. The summed E-state index contributed by atoms with van der Waals surface area (Å²) in [7, 11) is 0. The van der Waals surface area contributed by atoms with Gasteiger partial charge >= 0.3 is 0 Å². The fraction of sp³-hybridized carbons (Fsp3) is 0.444. The zero-order valence-electron chi connectivity index (χ0n) is 13.5. The number of ketones is 1. The van der Waals surface area contributed by atoms with Crippen molar-refractivity contribution in [2.75, 3.05) is 0 Å². The lowest BCUT2D eigenvalue weighted by Gasteiger charge is -2.27. The van der Waals surface area contributed by atoms with E-state index in [0.717, 1.165) is 23.4 Å². The van der Waals surface area contributed by atoms with Crippen molar-refractivity contribution in [2.24, 2.45) is 10.4 Å². The van der Waals surface area contributed by atoms with E-state index in [4.69, 9.17) is 11.6 Å². The molecule has 0 saturated carbocycles. The standard InChI is InChI=1S/C18H22ClN3O/c1-18(2)9-12(7-15(23)10-18)11-20-17-8-16(21-22-17)13-3-5-14(19)6-4-13/h3-7,11,16-17,21-22H,8-10H2,1-2H3/b20-11+. The van der Waals surface area contributed by atoms with Crippen molar-refractivity contribution in [1.82, 2.24) is 10.9 Å². The number of nitrogens with one attached hydrogen (secondary N) is 2. The largest absolute Gasteiger partial charge is 0.295 e. The summed E-state index contributed by atoms with van der Waals surface area (Å²) < 4.78 is 0. The number of allylic oxidation sites excluding steroid dienone is 2. The van der Waals surface area contributed by atoms with Gasteiger partial charge in [-0.15, -0.1) is 0 Å². The maximum absolute atomic E-state index is 11.8. The van der Waals surface area contributed by atoms with E-state index >= 15 is 0 Å². The third kappa shape index (κ3) is 4.28. The van der Waals surface area contributed by atoms with Crippen LogP contribution in [0.25, 0.3) is 0 Å². The second-order valence-electron chi connectivity index (χ2n) is 7.13. The number of aliphatic imine (C=N–C) groups is 1. The van der Waals surface area contributed by atoms with Crippen molar-refractivity contribution >= 4 is 23.6 Å². The second-order valence-corrected chi connectivity index (χ2v) is 7.56. The highest BCUT2D eigenvalue weighted by Gasteiger charge is 2.27. The molecule has 2 aliphatic rings. The predicted octanol–water partition coefficient (Wildman–Crippen LogP) is 3.59. The molecule has 0 spiro atoms. The Bertz CT molecular complexity index is 649. The Morgan fingerprint density at radius 3 is 2.65 bits per heavy atom. The number of rotatable bonds is 3. The van der Waals surface area contributed by atoms with E-state index in [-0.39, 0.29) is 23.4 Å². The summed E-state index contributed by atoms with van der Waals surface area (Å²) >= 11 is 5.92. The van der Waals surface area contributed by atoms with Gasteiger partial charge in [0.2, 0.25) is 0 Å². The van der Waals surface area contributed by atoms with Gasteiger partial charge in [0.1, 0.15) is 6.17 Å². The predicted molar refractivity (Wildman–Crippen MR) is 93.5 cm³/mol. The summed E-state index contributed by atoms with van der Waals surface area (Å²) in [6.07, 6.45) is 5.96. The third-order valence-electron chi connectivity index (χ3n) is 4.26. The number of hydrazine groups is 1. The number of carbonyl (C=O) groups is 1. The van der Waals surface area contributed by atoms with Gasteiger partial charge in [0.05, 0.1) is 0 Å². The van der Waals surface area contributed by atoms with E-state index in [1.54, 1.807) is 6.08 Å². The molecular formula is C18H22ClN3O. The van der Waals surface area contributed by atoms with Crippen LogP contribution in [-0.2, 0) is 4.79 Å². The van der Waals surface area contributed by atoms with Gasteiger partial charge in [-0.05, 0) is 41.2 Å². The monoisotopic (exact) mass is 331 g/mol. The fourth-order valence-electron chi connectivity index (χ4n) is 3.21. The lowest BCUT2D eigenvalue weighted by molar-refractivity contribution is -0.116. The Morgan fingerprint density at radius 1 is 1.22 bits per heavy atom. The van der Waals surface area contributed by atoms with Gasteiger partial charge in [-0.2, -0.15) is 0 Å². The Hall–Kier alpha value is -1.49. The number of halogens is 1. The summed E-state index contributed by atoms with van der Waals surface area (Å²) in [6, 6.07) is 8.07. The maximum atomic E-state index is 11.8. The van der Waals surface area contributed by atoms with E-state index in [0.29, 0.717) is 6.42 Å². The fourth-order valence-corrected chi connectivity index (χ4v) is 3.34. The van der Waals surface area contributed by atoms with Crippen LogP contribution in [0.4, 0.5) is 0 Å². The lowest BCUT2D eigenvalue weighted by Crippen LogP contribution is -2.30. The molecule has 0 bridgehead atoms. The topological polar surface area (TPSA) is 53.5 Å². The average molecular weight is 332 g/mol. The number of hydrogen-bond donors (Lipinski definition) is 2. The van der Waals surface area contributed by atoms with Crippen molar-refractivity contribution in [3.63, 3.8) is 0 Å². The van der Waals surface area contributed by atoms with Gasteiger partial charge in [0, 0.05) is 30.1 Å².